The van der Waals surface area contributed by atoms with Gasteiger partial charge in [0, 0.05) is 39.1 Å². The Morgan fingerprint density at radius 1 is 0.792 bits per heavy atom. The molecule has 1 rings (SSSR count). The van der Waals surface area contributed by atoms with Crippen LogP contribution in [0.15, 0.2) is 0 Å². The maximum atomic E-state index is 6.23. The molecule has 0 bridgehead atoms. The van der Waals surface area contributed by atoms with Crippen LogP contribution in [0.1, 0.15) is 41.5 Å². The van der Waals surface area contributed by atoms with Crippen LogP contribution < -0.4 is 0 Å². The molecular weight excluding hydrogens is 350 g/mol. The largest absolute Gasteiger partial charge is 0.519 e. The van der Waals surface area contributed by atoms with Crippen LogP contribution in [0.2, 0.25) is 6.04 Å². The summed E-state index contributed by atoms with van der Waals surface area (Å²) < 4.78 is 30.5. The molecule has 1 atom stereocenters. The number of ether oxygens (including phenoxy) is 1. The summed E-state index contributed by atoms with van der Waals surface area (Å²) in [6, 6.07) is 0.484. The van der Waals surface area contributed by atoms with Gasteiger partial charge in [-0.3, -0.25) is 4.84 Å². The molecule has 1 heterocycles. The highest BCUT2D eigenvalue weighted by Gasteiger charge is 2.75. The minimum Gasteiger partial charge on any atom is -0.392 e. The van der Waals surface area contributed by atoms with Gasteiger partial charge < -0.3 is 22.4 Å². The Hall–Kier alpha value is 0.114. The van der Waals surface area contributed by atoms with E-state index in [9.17, 15) is 0 Å². The summed E-state index contributed by atoms with van der Waals surface area (Å²) in [4.78, 5) is 13.0. The molecule has 8 nitrogen and oxygen atoms in total. The average Bonchev–Trinajstić information content (AvgIpc) is 2.53. The topological polar surface area (TPSA) is 67.9 Å². The van der Waals surface area contributed by atoms with E-state index in [1.807, 2.05) is 41.5 Å². The SMILES string of the molecule is CCOC1C[Si](OCC)(OCC)[Si](OCC)(OCC)N(OCC)O1. The zero-order chi connectivity index (χ0) is 18.1. The molecule has 0 N–H and O–H groups in total. The third-order valence-electron chi connectivity index (χ3n) is 3.40. The van der Waals surface area contributed by atoms with Crippen molar-refractivity contribution in [1.29, 1.82) is 0 Å². The molecule has 0 radical (unpaired) electrons. The van der Waals surface area contributed by atoms with E-state index in [1.54, 1.807) is 0 Å². The zero-order valence-corrected chi connectivity index (χ0v) is 17.8. The smallest absolute Gasteiger partial charge is 0.392 e. The maximum Gasteiger partial charge on any atom is 0.519 e. The lowest BCUT2D eigenvalue weighted by Crippen LogP contribution is -2.81. The summed E-state index contributed by atoms with van der Waals surface area (Å²) in [5.74, 6) is 0. The first-order valence-corrected chi connectivity index (χ1v) is 13.7. The molecule has 1 aliphatic heterocycles. The predicted octanol–water partition coefficient (Wildman–Crippen LogP) is 2.15. The van der Waals surface area contributed by atoms with Crippen LogP contribution in [-0.2, 0) is 32.1 Å². The van der Waals surface area contributed by atoms with E-state index in [4.69, 9.17) is 32.1 Å². The molecule has 0 aromatic heterocycles. The molecule has 0 aromatic carbocycles. The first-order valence-electron chi connectivity index (χ1n) is 8.86. The van der Waals surface area contributed by atoms with Crippen molar-refractivity contribution in [2.75, 3.05) is 39.6 Å². The van der Waals surface area contributed by atoms with Gasteiger partial charge in [0.1, 0.15) is 0 Å². The lowest BCUT2D eigenvalue weighted by atomic mass is 10.7. The molecule has 0 saturated carbocycles. The number of nitrogens with zero attached hydrogens (tertiary/aromatic N) is 1. The fraction of sp³-hybridized carbons (Fsp3) is 1.00. The van der Waals surface area contributed by atoms with Gasteiger partial charge in [-0.05, 0) is 46.4 Å². The van der Waals surface area contributed by atoms with E-state index < -0.39 is 22.6 Å². The van der Waals surface area contributed by atoms with Gasteiger partial charge in [0.05, 0.1) is 6.61 Å². The average molecular weight is 384 g/mol. The Bertz CT molecular complexity index is 339. The molecule has 1 fully saturated rings. The van der Waals surface area contributed by atoms with Gasteiger partial charge in [-0.15, -0.1) is 0 Å². The van der Waals surface area contributed by atoms with Gasteiger partial charge in [-0.1, -0.05) is 0 Å². The Balaban J connectivity index is 3.36. The fourth-order valence-corrected chi connectivity index (χ4v) is 14.2. The molecule has 0 aromatic rings. The summed E-state index contributed by atoms with van der Waals surface area (Å²) >= 11 is 0. The van der Waals surface area contributed by atoms with E-state index in [1.165, 1.54) is 4.89 Å². The van der Waals surface area contributed by atoms with Gasteiger partial charge in [-0.2, -0.15) is 0 Å². The van der Waals surface area contributed by atoms with Gasteiger partial charge >= 0.3 is 16.3 Å². The number of hydrogen-bond donors (Lipinski definition) is 0. The summed E-state index contributed by atoms with van der Waals surface area (Å²) in [6.45, 7) is 14.4. The minimum absolute atomic E-state index is 0.413. The quantitative estimate of drug-likeness (QED) is 0.475. The second-order valence-corrected chi connectivity index (χ2v) is 13.7. The molecule has 0 aliphatic carbocycles. The third kappa shape index (κ3) is 4.64. The zero-order valence-electron chi connectivity index (χ0n) is 15.8. The summed E-state index contributed by atoms with van der Waals surface area (Å²) in [6.07, 6.45) is -0.507. The lowest BCUT2D eigenvalue weighted by molar-refractivity contribution is -0.387. The summed E-state index contributed by atoms with van der Waals surface area (Å²) in [5, 5.41) is 0. The van der Waals surface area contributed by atoms with Crippen molar-refractivity contribution in [3.8, 4) is 0 Å². The van der Waals surface area contributed by atoms with Crippen molar-refractivity contribution < 1.29 is 32.1 Å². The van der Waals surface area contributed by atoms with Crippen LogP contribution in [-0.4, -0.2) is 67.1 Å². The predicted molar refractivity (Wildman–Crippen MR) is 92.8 cm³/mol. The van der Waals surface area contributed by atoms with Crippen LogP contribution in [0.25, 0.3) is 0 Å². The van der Waals surface area contributed by atoms with Crippen LogP contribution in [0, 0.1) is 0 Å². The van der Waals surface area contributed by atoms with E-state index in [-0.39, 0.29) is 0 Å². The normalized spacial score (nSPS) is 23.5. The van der Waals surface area contributed by atoms with Crippen molar-refractivity contribution in [3.05, 3.63) is 0 Å². The Morgan fingerprint density at radius 3 is 1.75 bits per heavy atom. The van der Waals surface area contributed by atoms with Gasteiger partial charge in [-0.25, -0.2) is 4.84 Å². The van der Waals surface area contributed by atoms with Gasteiger partial charge in [0.25, 0.3) is 0 Å². The molecule has 0 amide bonds. The van der Waals surface area contributed by atoms with Crippen molar-refractivity contribution in [2.45, 2.75) is 53.9 Å². The Labute approximate surface area is 147 Å². The second kappa shape index (κ2) is 11.0. The third-order valence-corrected chi connectivity index (χ3v) is 14.6. The first-order chi connectivity index (χ1) is 11.6. The second-order valence-electron chi connectivity index (χ2n) is 4.94. The van der Waals surface area contributed by atoms with Gasteiger partial charge in [0.15, 0.2) is 6.29 Å². The minimum atomic E-state index is -3.22. The molecule has 10 heteroatoms. The van der Waals surface area contributed by atoms with Crippen molar-refractivity contribution in [3.63, 3.8) is 0 Å². The fourth-order valence-electron chi connectivity index (χ4n) is 2.78. The van der Waals surface area contributed by atoms with Crippen molar-refractivity contribution in [1.82, 2.24) is 4.89 Å². The first kappa shape index (κ1) is 22.2. The van der Waals surface area contributed by atoms with Gasteiger partial charge in [0.2, 0.25) is 0 Å². The standard InChI is InChI=1S/C14H33NO7Si2/c1-7-16-14-13-23(18-9-3,19-10-4)24(20-11-5,21-12-6)15(22-14)17-8-2/h14H,7-13H2,1-6H3. The molecule has 1 aliphatic rings. The number of rotatable bonds is 12. The van der Waals surface area contributed by atoms with E-state index >= 15 is 0 Å². The van der Waals surface area contributed by atoms with Crippen molar-refractivity contribution >= 4 is 16.3 Å². The molecule has 1 saturated heterocycles. The molecule has 144 valence electrons. The van der Waals surface area contributed by atoms with E-state index in [2.05, 4.69) is 0 Å². The summed E-state index contributed by atoms with van der Waals surface area (Å²) in [5.41, 5.74) is 0. The molecular formula is C14H33NO7Si2. The van der Waals surface area contributed by atoms with Crippen LogP contribution in [0.5, 0.6) is 0 Å². The monoisotopic (exact) mass is 383 g/mol. The molecule has 1 unspecified atom stereocenters. The van der Waals surface area contributed by atoms with E-state index in [0.717, 1.165) is 0 Å². The molecule has 24 heavy (non-hydrogen) atoms. The van der Waals surface area contributed by atoms with E-state index in [0.29, 0.717) is 45.7 Å². The Morgan fingerprint density at radius 2 is 1.33 bits per heavy atom. The lowest BCUT2D eigenvalue weighted by Gasteiger charge is -2.50. The maximum absolute atomic E-state index is 6.23. The highest BCUT2D eigenvalue weighted by atomic mass is 29.3. The highest BCUT2D eigenvalue weighted by Crippen LogP contribution is 2.38. The Kier molecular flexibility index (Phi) is 10.1. The van der Waals surface area contributed by atoms with Crippen LogP contribution >= 0.6 is 0 Å². The van der Waals surface area contributed by atoms with Crippen molar-refractivity contribution in [2.24, 2.45) is 0 Å². The summed E-state index contributed by atoms with van der Waals surface area (Å²) in [7, 11) is -6.18. The molecule has 0 spiro atoms. The van der Waals surface area contributed by atoms with Crippen LogP contribution in [0.3, 0.4) is 0 Å². The van der Waals surface area contributed by atoms with Crippen LogP contribution in [0.4, 0.5) is 0 Å². The number of hydrogen-bond acceptors (Lipinski definition) is 8. The highest BCUT2D eigenvalue weighted by molar-refractivity contribution is 7.30.